The van der Waals surface area contributed by atoms with Crippen LogP contribution in [0.15, 0.2) is 0 Å². The van der Waals surface area contributed by atoms with Crippen LogP contribution >= 0.6 is 12.6 Å². The van der Waals surface area contributed by atoms with E-state index in [4.69, 9.17) is 0 Å². The molecule has 1 amide bonds. The van der Waals surface area contributed by atoms with E-state index >= 15 is 0 Å². The Labute approximate surface area is 74.4 Å². The summed E-state index contributed by atoms with van der Waals surface area (Å²) in [6, 6.07) is 0. The molecular weight excluding hydrogens is 158 g/mol. The highest BCUT2D eigenvalue weighted by atomic mass is 32.1. The monoisotopic (exact) mass is 175 g/mol. The van der Waals surface area contributed by atoms with Crippen molar-refractivity contribution in [2.45, 2.75) is 26.7 Å². The molecule has 0 heterocycles. The predicted octanol–water partition coefficient (Wildman–Crippen LogP) is 1.56. The lowest BCUT2D eigenvalue weighted by molar-refractivity contribution is -0.130. The lowest BCUT2D eigenvalue weighted by Gasteiger charge is -2.19. The van der Waals surface area contributed by atoms with Gasteiger partial charge in [0.1, 0.15) is 0 Å². The standard InChI is InChI=1S/C8H17NOS/c1-3-6-9(4-2)8(10)5-7-11/h11H,3-7H2,1-2H3. The van der Waals surface area contributed by atoms with Crippen molar-refractivity contribution < 1.29 is 4.79 Å². The number of amides is 1. The van der Waals surface area contributed by atoms with Gasteiger partial charge in [0.2, 0.25) is 5.91 Å². The van der Waals surface area contributed by atoms with Gasteiger partial charge >= 0.3 is 0 Å². The molecule has 0 atom stereocenters. The molecule has 0 aromatic carbocycles. The maximum Gasteiger partial charge on any atom is 0.223 e. The molecule has 3 heteroatoms. The van der Waals surface area contributed by atoms with Crippen LogP contribution in [-0.4, -0.2) is 29.6 Å². The number of thiol groups is 1. The zero-order valence-corrected chi connectivity index (χ0v) is 8.23. The zero-order chi connectivity index (χ0) is 8.69. The highest BCUT2D eigenvalue weighted by Crippen LogP contribution is 1.96. The first-order chi connectivity index (χ1) is 5.26. The van der Waals surface area contributed by atoms with E-state index in [1.165, 1.54) is 0 Å². The SMILES string of the molecule is CCCN(CC)C(=O)CCS. The summed E-state index contributed by atoms with van der Waals surface area (Å²) in [4.78, 5) is 13.1. The minimum Gasteiger partial charge on any atom is -0.343 e. The highest BCUT2D eigenvalue weighted by molar-refractivity contribution is 7.80. The number of nitrogens with zero attached hydrogens (tertiary/aromatic N) is 1. The summed E-state index contributed by atoms with van der Waals surface area (Å²) in [5.74, 6) is 0.878. The van der Waals surface area contributed by atoms with Crippen LogP contribution in [0.2, 0.25) is 0 Å². The molecule has 11 heavy (non-hydrogen) atoms. The maximum atomic E-state index is 11.2. The fourth-order valence-electron chi connectivity index (χ4n) is 0.983. The second kappa shape index (κ2) is 6.53. The van der Waals surface area contributed by atoms with Crippen molar-refractivity contribution in [1.82, 2.24) is 4.90 Å². The van der Waals surface area contributed by atoms with Gasteiger partial charge in [-0.15, -0.1) is 0 Å². The van der Waals surface area contributed by atoms with Gasteiger partial charge in [-0.25, -0.2) is 0 Å². The van der Waals surface area contributed by atoms with Crippen LogP contribution in [0.4, 0.5) is 0 Å². The van der Waals surface area contributed by atoms with Crippen LogP contribution in [0.25, 0.3) is 0 Å². The Hall–Kier alpha value is -0.180. The summed E-state index contributed by atoms with van der Waals surface area (Å²) < 4.78 is 0. The Morgan fingerprint density at radius 2 is 2.09 bits per heavy atom. The van der Waals surface area contributed by atoms with Gasteiger partial charge < -0.3 is 4.90 Å². The van der Waals surface area contributed by atoms with E-state index in [0.717, 1.165) is 19.5 Å². The lowest BCUT2D eigenvalue weighted by Crippen LogP contribution is -2.31. The summed E-state index contributed by atoms with van der Waals surface area (Å²) in [7, 11) is 0. The van der Waals surface area contributed by atoms with E-state index in [2.05, 4.69) is 19.6 Å². The molecule has 0 saturated carbocycles. The minimum atomic E-state index is 0.226. The minimum absolute atomic E-state index is 0.226. The fourth-order valence-corrected chi connectivity index (χ4v) is 1.17. The van der Waals surface area contributed by atoms with Gasteiger partial charge in [0.25, 0.3) is 0 Å². The van der Waals surface area contributed by atoms with Gasteiger partial charge in [0.05, 0.1) is 0 Å². The molecule has 0 aliphatic carbocycles. The summed E-state index contributed by atoms with van der Waals surface area (Å²) >= 11 is 4.01. The highest BCUT2D eigenvalue weighted by Gasteiger charge is 2.07. The molecular formula is C8H17NOS. The predicted molar refractivity (Wildman–Crippen MR) is 51.0 cm³/mol. The van der Waals surface area contributed by atoms with Crippen LogP contribution in [0.1, 0.15) is 26.7 Å². The third-order valence-corrected chi connectivity index (χ3v) is 1.78. The Morgan fingerprint density at radius 3 is 2.45 bits per heavy atom. The Balaban J connectivity index is 3.71. The second-order valence-electron chi connectivity index (χ2n) is 2.45. The molecule has 66 valence electrons. The average molecular weight is 175 g/mol. The lowest BCUT2D eigenvalue weighted by atomic mass is 10.3. The van der Waals surface area contributed by atoms with E-state index < -0.39 is 0 Å². The average Bonchev–Trinajstić information content (AvgIpc) is 2.00. The normalized spacial score (nSPS) is 9.73. The third kappa shape index (κ3) is 4.30. The van der Waals surface area contributed by atoms with Crippen LogP contribution in [0.5, 0.6) is 0 Å². The van der Waals surface area contributed by atoms with Crippen molar-refractivity contribution in [3.8, 4) is 0 Å². The van der Waals surface area contributed by atoms with Crippen LogP contribution in [0, 0.1) is 0 Å². The first kappa shape index (κ1) is 10.8. The van der Waals surface area contributed by atoms with Crippen LogP contribution in [-0.2, 0) is 4.79 Å². The quantitative estimate of drug-likeness (QED) is 0.629. The molecule has 0 N–H and O–H groups in total. The number of hydrogen-bond acceptors (Lipinski definition) is 2. The van der Waals surface area contributed by atoms with E-state index in [0.29, 0.717) is 12.2 Å². The molecule has 0 unspecified atom stereocenters. The van der Waals surface area contributed by atoms with Gasteiger partial charge in [-0.2, -0.15) is 12.6 Å². The smallest absolute Gasteiger partial charge is 0.223 e. The largest absolute Gasteiger partial charge is 0.343 e. The van der Waals surface area contributed by atoms with Gasteiger partial charge in [0, 0.05) is 19.5 Å². The van der Waals surface area contributed by atoms with Crippen molar-refractivity contribution in [1.29, 1.82) is 0 Å². The van der Waals surface area contributed by atoms with Crippen molar-refractivity contribution in [3.05, 3.63) is 0 Å². The van der Waals surface area contributed by atoms with E-state index in [9.17, 15) is 4.79 Å². The molecule has 0 rings (SSSR count). The van der Waals surface area contributed by atoms with E-state index in [1.807, 2.05) is 11.8 Å². The zero-order valence-electron chi connectivity index (χ0n) is 7.34. The summed E-state index contributed by atoms with van der Waals surface area (Å²) in [5, 5.41) is 0. The molecule has 0 aromatic heterocycles. The molecule has 0 aliphatic rings. The van der Waals surface area contributed by atoms with Gasteiger partial charge in [-0.1, -0.05) is 6.92 Å². The molecule has 0 saturated heterocycles. The van der Waals surface area contributed by atoms with Gasteiger partial charge in [-0.3, -0.25) is 4.79 Å². The number of hydrogen-bond donors (Lipinski definition) is 1. The van der Waals surface area contributed by atoms with Crippen LogP contribution in [0.3, 0.4) is 0 Å². The van der Waals surface area contributed by atoms with Crippen molar-refractivity contribution >= 4 is 18.5 Å². The van der Waals surface area contributed by atoms with Gasteiger partial charge in [-0.05, 0) is 19.1 Å². The molecule has 0 spiro atoms. The summed E-state index contributed by atoms with van der Waals surface area (Å²) in [6.07, 6.45) is 1.60. The van der Waals surface area contributed by atoms with E-state index in [-0.39, 0.29) is 5.91 Å². The van der Waals surface area contributed by atoms with Crippen molar-refractivity contribution in [3.63, 3.8) is 0 Å². The summed E-state index contributed by atoms with van der Waals surface area (Å²) in [6.45, 7) is 5.78. The Morgan fingerprint density at radius 1 is 1.45 bits per heavy atom. The van der Waals surface area contributed by atoms with E-state index in [1.54, 1.807) is 0 Å². The molecule has 0 radical (unpaired) electrons. The van der Waals surface area contributed by atoms with Crippen molar-refractivity contribution in [2.75, 3.05) is 18.8 Å². The molecule has 2 nitrogen and oxygen atoms in total. The number of carbonyl (C=O) groups excluding carboxylic acids is 1. The first-order valence-corrected chi connectivity index (χ1v) is 4.78. The first-order valence-electron chi connectivity index (χ1n) is 4.14. The number of carbonyl (C=O) groups is 1. The molecule has 0 aliphatic heterocycles. The topological polar surface area (TPSA) is 20.3 Å². The molecule has 0 fully saturated rings. The van der Waals surface area contributed by atoms with Crippen LogP contribution < -0.4 is 0 Å². The second-order valence-corrected chi connectivity index (χ2v) is 2.89. The molecule has 0 aromatic rings. The third-order valence-electron chi connectivity index (χ3n) is 1.55. The molecule has 0 bridgehead atoms. The summed E-state index contributed by atoms with van der Waals surface area (Å²) in [5.41, 5.74) is 0. The number of rotatable bonds is 5. The van der Waals surface area contributed by atoms with Crippen molar-refractivity contribution in [2.24, 2.45) is 0 Å². The van der Waals surface area contributed by atoms with Gasteiger partial charge in [0.15, 0.2) is 0 Å². The Kier molecular flexibility index (Phi) is 6.42. The Bertz CT molecular complexity index is 117. The maximum absolute atomic E-state index is 11.2. The fraction of sp³-hybridized carbons (Fsp3) is 0.875.